The van der Waals surface area contributed by atoms with Crippen LogP contribution < -0.4 is 14.8 Å². The molecule has 0 atom stereocenters. The average Bonchev–Trinajstić information content (AvgIpc) is 2.76. The van der Waals surface area contributed by atoms with E-state index in [1.807, 2.05) is 41.3 Å². The van der Waals surface area contributed by atoms with E-state index in [0.717, 1.165) is 29.9 Å². The molecule has 0 saturated carbocycles. The number of benzene rings is 1. The van der Waals surface area contributed by atoms with Crippen LogP contribution in [0.4, 0.5) is 4.79 Å². The van der Waals surface area contributed by atoms with Crippen molar-refractivity contribution in [2.24, 2.45) is 0 Å². The van der Waals surface area contributed by atoms with E-state index in [0.29, 0.717) is 32.8 Å². The topological polar surface area (TPSA) is 72.9 Å². The number of carbonyl (C=O) groups is 1. The molecule has 2 heterocycles. The summed E-state index contributed by atoms with van der Waals surface area (Å²) in [5, 5.41) is 2.97. The second-order valence-electron chi connectivity index (χ2n) is 6.60. The number of ether oxygens (including phenoxy) is 3. The number of methoxy groups -OCH3 is 1. The first-order chi connectivity index (χ1) is 13.7. The van der Waals surface area contributed by atoms with Gasteiger partial charge in [-0.25, -0.2) is 4.79 Å². The van der Waals surface area contributed by atoms with E-state index in [-0.39, 0.29) is 12.1 Å². The van der Waals surface area contributed by atoms with Gasteiger partial charge in [0.2, 0.25) is 0 Å². The lowest BCUT2D eigenvalue weighted by molar-refractivity contribution is 0.00183. The van der Waals surface area contributed by atoms with Crippen molar-refractivity contribution < 1.29 is 19.0 Å². The van der Waals surface area contributed by atoms with Gasteiger partial charge in [0, 0.05) is 25.8 Å². The zero-order chi connectivity index (χ0) is 19.6. The molecule has 1 aromatic heterocycles. The Morgan fingerprint density at radius 1 is 1.14 bits per heavy atom. The molecule has 0 spiro atoms. The van der Waals surface area contributed by atoms with E-state index < -0.39 is 0 Å². The molecule has 1 aliphatic heterocycles. The Balaban J connectivity index is 1.30. The number of hydrogen-bond acceptors (Lipinski definition) is 5. The van der Waals surface area contributed by atoms with Crippen molar-refractivity contribution in [3.63, 3.8) is 0 Å². The highest BCUT2D eigenvalue weighted by Gasteiger charge is 2.23. The Kier molecular flexibility index (Phi) is 7.49. The summed E-state index contributed by atoms with van der Waals surface area (Å²) >= 11 is 0. The number of hydrogen-bond donors (Lipinski definition) is 1. The number of urea groups is 1. The van der Waals surface area contributed by atoms with Gasteiger partial charge in [0.05, 0.1) is 26.0 Å². The Hall–Kier alpha value is -2.80. The molecule has 0 unspecified atom stereocenters. The maximum Gasteiger partial charge on any atom is 0.317 e. The van der Waals surface area contributed by atoms with Crippen LogP contribution >= 0.6 is 0 Å². The van der Waals surface area contributed by atoms with Crippen LogP contribution in [-0.2, 0) is 11.3 Å². The summed E-state index contributed by atoms with van der Waals surface area (Å²) in [6, 6.07) is 11.4. The van der Waals surface area contributed by atoms with E-state index >= 15 is 0 Å². The third-order valence-corrected chi connectivity index (χ3v) is 4.67. The maximum atomic E-state index is 12.3. The summed E-state index contributed by atoms with van der Waals surface area (Å²) < 4.78 is 16.6. The number of nitrogens with zero attached hydrogens (tertiary/aromatic N) is 2. The second kappa shape index (κ2) is 10.5. The number of rotatable bonds is 8. The molecule has 7 nitrogen and oxygen atoms in total. The summed E-state index contributed by atoms with van der Waals surface area (Å²) in [7, 11) is 1.64. The van der Waals surface area contributed by atoms with Gasteiger partial charge < -0.3 is 24.4 Å². The summed E-state index contributed by atoms with van der Waals surface area (Å²) in [5.41, 5.74) is 1.04. The van der Waals surface area contributed by atoms with E-state index in [9.17, 15) is 4.79 Å². The first-order valence-corrected chi connectivity index (χ1v) is 9.55. The summed E-state index contributed by atoms with van der Waals surface area (Å²) in [6.07, 6.45) is 5.24. The molecule has 1 fully saturated rings. The Bertz CT molecular complexity index is 716. The van der Waals surface area contributed by atoms with Crippen LogP contribution in [-0.4, -0.2) is 55.4 Å². The zero-order valence-electron chi connectivity index (χ0n) is 16.2. The molecule has 2 amide bonds. The van der Waals surface area contributed by atoms with E-state index in [1.54, 1.807) is 19.5 Å². The van der Waals surface area contributed by atoms with Crippen molar-refractivity contribution in [3.8, 4) is 11.5 Å². The van der Waals surface area contributed by atoms with Gasteiger partial charge >= 0.3 is 6.03 Å². The maximum absolute atomic E-state index is 12.3. The Morgan fingerprint density at radius 2 is 1.93 bits per heavy atom. The number of pyridine rings is 1. The molecule has 1 aliphatic rings. The molecule has 150 valence electrons. The normalized spacial score (nSPS) is 14.5. The monoisotopic (exact) mass is 385 g/mol. The number of amides is 2. The number of carbonyl (C=O) groups excluding carboxylic acids is 1. The van der Waals surface area contributed by atoms with Crippen LogP contribution in [0, 0.1) is 0 Å². The fourth-order valence-electron chi connectivity index (χ4n) is 3.07. The van der Waals surface area contributed by atoms with Gasteiger partial charge in [-0.1, -0.05) is 12.1 Å². The Morgan fingerprint density at radius 3 is 2.61 bits per heavy atom. The first-order valence-electron chi connectivity index (χ1n) is 9.55. The van der Waals surface area contributed by atoms with Gasteiger partial charge in [0.15, 0.2) is 0 Å². The van der Waals surface area contributed by atoms with Crippen LogP contribution in [0.25, 0.3) is 0 Å². The largest absolute Gasteiger partial charge is 0.497 e. The van der Waals surface area contributed by atoms with Gasteiger partial charge in [-0.3, -0.25) is 4.98 Å². The summed E-state index contributed by atoms with van der Waals surface area (Å²) in [5.74, 6) is 1.55. The molecular formula is C21H27N3O4. The van der Waals surface area contributed by atoms with Gasteiger partial charge in [-0.15, -0.1) is 0 Å². The molecule has 0 bridgehead atoms. The third kappa shape index (κ3) is 6.13. The number of aromatic nitrogens is 1. The molecule has 1 aromatic carbocycles. The molecule has 0 aliphatic carbocycles. The fourth-order valence-corrected chi connectivity index (χ4v) is 3.07. The Labute approximate surface area is 165 Å². The van der Waals surface area contributed by atoms with Crippen molar-refractivity contribution in [3.05, 3.63) is 54.4 Å². The highest BCUT2D eigenvalue weighted by Crippen LogP contribution is 2.15. The van der Waals surface area contributed by atoms with Crippen molar-refractivity contribution >= 4 is 6.03 Å². The highest BCUT2D eigenvalue weighted by molar-refractivity contribution is 5.74. The highest BCUT2D eigenvalue weighted by atomic mass is 16.5. The minimum absolute atomic E-state index is 0.0332. The van der Waals surface area contributed by atoms with Crippen LogP contribution in [0.15, 0.2) is 48.8 Å². The number of likely N-dealkylation sites (tertiary alicyclic amines) is 1. The lowest BCUT2D eigenvalue weighted by Crippen LogP contribution is -2.45. The fraction of sp³-hybridized carbons (Fsp3) is 0.429. The van der Waals surface area contributed by atoms with Crippen LogP contribution in [0.2, 0.25) is 0 Å². The van der Waals surface area contributed by atoms with Gasteiger partial charge in [0.1, 0.15) is 18.1 Å². The standard InChI is InChI=1S/C21H27N3O4/c1-26-18-6-4-17(5-7-18)15-23-21(25)24-11-8-19(9-12-24)27-13-14-28-20-3-2-10-22-16-20/h2-7,10,16,19H,8-9,11-15H2,1H3,(H,23,25). The van der Waals surface area contributed by atoms with Crippen molar-refractivity contribution in [2.75, 3.05) is 33.4 Å². The first kappa shape index (κ1) is 19.9. The van der Waals surface area contributed by atoms with E-state index in [2.05, 4.69) is 10.3 Å². The minimum Gasteiger partial charge on any atom is -0.497 e. The summed E-state index contributed by atoms with van der Waals surface area (Å²) in [6.45, 7) is 2.92. The molecule has 28 heavy (non-hydrogen) atoms. The molecule has 2 aromatic rings. The average molecular weight is 385 g/mol. The van der Waals surface area contributed by atoms with Crippen molar-refractivity contribution in [2.45, 2.75) is 25.5 Å². The molecular weight excluding hydrogens is 358 g/mol. The van der Waals surface area contributed by atoms with Crippen LogP contribution in [0.5, 0.6) is 11.5 Å². The zero-order valence-corrected chi connectivity index (χ0v) is 16.2. The minimum atomic E-state index is -0.0332. The molecule has 3 rings (SSSR count). The molecule has 1 saturated heterocycles. The van der Waals surface area contributed by atoms with Crippen molar-refractivity contribution in [1.29, 1.82) is 0 Å². The SMILES string of the molecule is COc1ccc(CNC(=O)N2CCC(OCCOc3cccnc3)CC2)cc1. The second-order valence-corrected chi connectivity index (χ2v) is 6.60. The molecule has 7 heteroatoms. The smallest absolute Gasteiger partial charge is 0.317 e. The lowest BCUT2D eigenvalue weighted by Gasteiger charge is -2.32. The molecule has 1 N–H and O–H groups in total. The number of nitrogens with one attached hydrogen (secondary N) is 1. The van der Waals surface area contributed by atoms with E-state index in [1.165, 1.54) is 0 Å². The quantitative estimate of drug-likeness (QED) is 0.708. The van der Waals surface area contributed by atoms with Crippen LogP contribution in [0.3, 0.4) is 0 Å². The summed E-state index contributed by atoms with van der Waals surface area (Å²) in [4.78, 5) is 18.2. The van der Waals surface area contributed by atoms with E-state index in [4.69, 9.17) is 14.2 Å². The van der Waals surface area contributed by atoms with Crippen LogP contribution in [0.1, 0.15) is 18.4 Å². The molecule has 0 radical (unpaired) electrons. The van der Waals surface area contributed by atoms with Gasteiger partial charge in [-0.05, 0) is 42.7 Å². The predicted molar refractivity (Wildman–Crippen MR) is 106 cm³/mol. The predicted octanol–water partition coefficient (Wildman–Crippen LogP) is 2.86. The number of piperidine rings is 1. The van der Waals surface area contributed by atoms with Gasteiger partial charge in [-0.2, -0.15) is 0 Å². The lowest BCUT2D eigenvalue weighted by atomic mass is 10.1. The van der Waals surface area contributed by atoms with Gasteiger partial charge in [0.25, 0.3) is 0 Å². The third-order valence-electron chi connectivity index (χ3n) is 4.67. The van der Waals surface area contributed by atoms with Crippen molar-refractivity contribution in [1.82, 2.24) is 15.2 Å².